The summed E-state index contributed by atoms with van der Waals surface area (Å²) >= 11 is 0. The maximum atomic E-state index is 12.9. The Morgan fingerprint density at radius 1 is 1.03 bits per heavy atom. The Kier molecular flexibility index (Phi) is 7.65. The molecule has 156 valence electrons. The molecule has 0 fully saturated rings. The average molecular weight is 399 g/mol. The summed E-state index contributed by atoms with van der Waals surface area (Å²) in [4.78, 5) is 24.8. The molecule has 0 bridgehead atoms. The number of ether oxygens (including phenoxy) is 2. The molecular weight excluding hydrogens is 368 g/mol. The van der Waals surface area contributed by atoms with Gasteiger partial charge in [-0.25, -0.2) is 4.79 Å². The average Bonchev–Trinajstić information content (AvgIpc) is 2.66. The standard InChI is InChI=1S/C23H30N2O4/c1-6-28-20-14-10-9-12-18(20)16(2)25-21(26)19-13-8-7-11-17(19)15-24-22(27)29-23(3,4)5/h7-14,16H,6,15H2,1-5H3,(H,24,27)(H,25,26). The van der Waals surface area contributed by atoms with Crippen molar-refractivity contribution in [2.45, 2.75) is 52.8 Å². The van der Waals surface area contributed by atoms with Gasteiger partial charge in [-0.2, -0.15) is 0 Å². The summed E-state index contributed by atoms with van der Waals surface area (Å²) in [5.74, 6) is 0.535. The summed E-state index contributed by atoms with van der Waals surface area (Å²) in [6, 6.07) is 14.6. The molecule has 6 heteroatoms. The van der Waals surface area contributed by atoms with E-state index in [0.717, 1.165) is 11.3 Å². The summed E-state index contributed by atoms with van der Waals surface area (Å²) in [7, 11) is 0. The minimum Gasteiger partial charge on any atom is -0.494 e. The first kappa shape index (κ1) is 22.3. The van der Waals surface area contributed by atoms with Gasteiger partial charge in [-0.05, 0) is 52.3 Å². The number of rotatable bonds is 7. The summed E-state index contributed by atoms with van der Waals surface area (Å²) < 4.78 is 10.9. The number of benzene rings is 2. The van der Waals surface area contributed by atoms with Crippen molar-refractivity contribution in [1.29, 1.82) is 0 Å². The highest BCUT2D eigenvalue weighted by Gasteiger charge is 2.19. The first-order chi connectivity index (χ1) is 13.7. The Hall–Kier alpha value is -3.02. The van der Waals surface area contributed by atoms with Crippen LogP contribution in [0.4, 0.5) is 4.79 Å². The third kappa shape index (κ3) is 6.82. The fourth-order valence-corrected chi connectivity index (χ4v) is 2.85. The highest BCUT2D eigenvalue weighted by Crippen LogP contribution is 2.25. The second-order valence-electron chi connectivity index (χ2n) is 7.68. The first-order valence-electron chi connectivity index (χ1n) is 9.78. The Balaban J connectivity index is 2.09. The molecule has 2 amide bonds. The molecule has 0 aliphatic carbocycles. The lowest BCUT2D eigenvalue weighted by Gasteiger charge is -2.20. The molecule has 0 heterocycles. The second-order valence-corrected chi connectivity index (χ2v) is 7.68. The zero-order valence-corrected chi connectivity index (χ0v) is 17.7. The molecule has 1 unspecified atom stereocenters. The molecule has 2 N–H and O–H groups in total. The van der Waals surface area contributed by atoms with Crippen LogP contribution in [0.3, 0.4) is 0 Å². The van der Waals surface area contributed by atoms with Crippen molar-refractivity contribution in [3.63, 3.8) is 0 Å². The topological polar surface area (TPSA) is 76.7 Å². The van der Waals surface area contributed by atoms with Crippen molar-refractivity contribution in [3.8, 4) is 5.75 Å². The molecule has 2 rings (SSSR count). The van der Waals surface area contributed by atoms with Crippen molar-refractivity contribution in [2.75, 3.05) is 6.61 Å². The lowest BCUT2D eigenvalue weighted by molar-refractivity contribution is 0.0522. The lowest BCUT2D eigenvalue weighted by Crippen LogP contribution is -2.33. The van der Waals surface area contributed by atoms with Crippen LogP contribution in [0.5, 0.6) is 5.75 Å². The molecule has 0 saturated heterocycles. The van der Waals surface area contributed by atoms with Gasteiger partial charge in [0, 0.05) is 17.7 Å². The summed E-state index contributed by atoms with van der Waals surface area (Å²) in [5.41, 5.74) is 1.54. The van der Waals surface area contributed by atoms with Gasteiger partial charge in [0.1, 0.15) is 11.4 Å². The van der Waals surface area contributed by atoms with Gasteiger partial charge in [-0.3, -0.25) is 4.79 Å². The Morgan fingerprint density at radius 3 is 2.38 bits per heavy atom. The fourth-order valence-electron chi connectivity index (χ4n) is 2.85. The quantitative estimate of drug-likeness (QED) is 0.715. The molecule has 29 heavy (non-hydrogen) atoms. The number of alkyl carbamates (subject to hydrolysis) is 1. The van der Waals surface area contributed by atoms with E-state index in [1.807, 2.05) is 50.2 Å². The molecule has 0 spiro atoms. The van der Waals surface area contributed by atoms with Crippen LogP contribution in [-0.4, -0.2) is 24.2 Å². The molecule has 6 nitrogen and oxygen atoms in total. The van der Waals surface area contributed by atoms with Crippen LogP contribution >= 0.6 is 0 Å². The summed E-state index contributed by atoms with van der Waals surface area (Å²) in [5, 5.41) is 5.72. The van der Waals surface area contributed by atoms with Gasteiger partial charge in [0.15, 0.2) is 0 Å². The van der Waals surface area contributed by atoms with Crippen LogP contribution in [0.1, 0.15) is 62.1 Å². The van der Waals surface area contributed by atoms with E-state index in [9.17, 15) is 9.59 Å². The maximum Gasteiger partial charge on any atom is 0.407 e. The number of amides is 2. The third-order valence-electron chi connectivity index (χ3n) is 4.12. The van der Waals surface area contributed by atoms with E-state index < -0.39 is 11.7 Å². The molecule has 0 radical (unpaired) electrons. The van der Waals surface area contributed by atoms with Crippen LogP contribution in [0.15, 0.2) is 48.5 Å². The van der Waals surface area contributed by atoms with Crippen LogP contribution in [0.25, 0.3) is 0 Å². The largest absolute Gasteiger partial charge is 0.494 e. The smallest absolute Gasteiger partial charge is 0.407 e. The van der Waals surface area contributed by atoms with Gasteiger partial charge in [0.25, 0.3) is 5.91 Å². The highest BCUT2D eigenvalue weighted by atomic mass is 16.6. The molecule has 0 aromatic heterocycles. The van der Waals surface area contributed by atoms with Crippen LogP contribution in [-0.2, 0) is 11.3 Å². The molecular formula is C23H30N2O4. The third-order valence-corrected chi connectivity index (χ3v) is 4.12. The number of carbonyl (C=O) groups is 2. The number of nitrogens with one attached hydrogen (secondary N) is 2. The fraction of sp³-hybridized carbons (Fsp3) is 0.391. The second kappa shape index (κ2) is 9.96. The van der Waals surface area contributed by atoms with Crippen LogP contribution in [0.2, 0.25) is 0 Å². The maximum absolute atomic E-state index is 12.9. The van der Waals surface area contributed by atoms with Crippen molar-refractivity contribution >= 4 is 12.0 Å². The van der Waals surface area contributed by atoms with Crippen LogP contribution in [0, 0.1) is 0 Å². The van der Waals surface area contributed by atoms with Crippen molar-refractivity contribution in [3.05, 3.63) is 65.2 Å². The first-order valence-corrected chi connectivity index (χ1v) is 9.78. The minimum absolute atomic E-state index is 0.197. The van der Waals surface area contributed by atoms with E-state index in [2.05, 4.69) is 10.6 Å². The van der Waals surface area contributed by atoms with E-state index in [4.69, 9.17) is 9.47 Å². The van der Waals surface area contributed by atoms with Crippen molar-refractivity contribution in [2.24, 2.45) is 0 Å². The molecule has 0 saturated carbocycles. The van der Waals surface area contributed by atoms with Gasteiger partial charge in [-0.1, -0.05) is 36.4 Å². The Labute approximate surface area is 172 Å². The molecule has 2 aromatic rings. The monoisotopic (exact) mass is 398 g/mol. The number of hydrogen-bond donors (Lipinski definition) is 2. The van der Waals surface area contributed by atoms with Gasteiger partial charge in [-0.15, -0.1) is 0 Å². The highest BCUT2D eigenvalue weighted by molar-refractivity contribution is 5.96. The van der Waals surface area contributed by atoms with Gasteiger partial charge >= 0.3 is 6.09 Å². The van der Waals surface area contributed by atoms with E-state index in [-0.39, 0.29) is 18.5 Å². The van der Waals surface area contributed by atoms with E-state index in [1.54, 1.807) is 32.9 Å². The lowest BCUT2D eigenvalue weighted by atomic mass is 10.0. The van der Waals surface area contributed by atoms with Gasteiger partial charge in [0.05, 0.1) is 12.6 Å². The zero-order valence-electron chi connectivity index (χ0n) is 17.7. The minimum atomic E-state index is -0.579. The summed E-state index contributed by atoms with van der Waals surface area (Å²) in [6.45, 7) is 9.99. The molecule has 2 aromatic carbocycles. The predicted molar refractivity (Wildman–Crippen MR) is 113 cm³/mol. The van der Waals surface area contributed by atoms with Crippen LogP contribution < -0.4 is 15.4 Å². The predicted octanol–water partition coefficient (Wildman–Crippen LogP) is 4.60. The zero-order chi connectivity index (χ0) is 21.4. The van der Waals surface area contributed by atoms with Gasteiger partial charge < -0.3 is 20.1 Å². The van der Waals surface area contributed by atoms with Crippen molar-refractivity contribution < 1.29 is 19.1 Å². The normalized spacial score (nSPS) is 12.0. The summed E-state index contributed by atoms with van der Waals surface area (Å²) in [6.07, 6.45) is -0.522. The van der Waals surface area contributed by atoms with E-state index in [1.165, 1.54) is 0 Å². The molecule has 0 aliphatic heterocycles. The Bertz CT molecular complexity index is 843. The number of carbonyl (C=O) groups excluding carboxylic acids is 2. The van der Waals surface area contributed by atoms with Crippen molar-refractivity contribution in [1.82, 2.24) is 10.6 Å². The Morgan fingerprint density at radius 2 is 1.69 bits per heavy atom. The van der Waals surface area contributed by atoms with E-state index >= 15 is 0 Å². The molecule has 1 atom stereocenters. The number of hydrogen-bond acceptors (Lipinski definition) is 4. The van der Waals surface area contributed by atoms with Gasteiger partial charge in [0.2, 0.25) is 0 Å². The SMILES string of the molecule is CCOc1ccccc1C(C)NC(=O)c1ccccc1CNC(=O)OC(C)(C)C. The van der Waals surface area contributed by atoms with E-state index in [0.29, 0.717) is 17.7 Å². The number of para-hydroxylation sites is 1. The molecule has 0 aliphatic rings.